The van der Waals surface area contributed by atoms with Crippen LogP contribution in [0.5, 0.6) is 0 Å². The van der Waals surface area contributed by atoms with Crippen LogP contribution in [-0.4, -0.2) is 25.0 Å². The van der Waals surface area contributed by atoms with Crippen molar-refractivity contribution in [1.82, 2.24) is 15.0 Å². The van der Waals surface area contributed by atoms with Gasteiger partial charge in [-0.2, -0.15) is 0 Å². The molecule has 4 aromatic rings. The smallest absolute Gasteiger partial charge is 0.149 e. The Morgan fingerprint density at radius 2 is 1.28 bits per heavy atom. The lowest BCUT2D eigenvalue weighted by atomic mass is 9.77. The van der Waals surface area contributed by atoms with Crippen LogP contribution in [0, 0.1) is 0 Å². The number of thioether (sulfide) groups is 1. The second-order valence-corrected chi connectivity index (χ2v) is 9.69. The minimum atomic E-state index is -0.756. The van der Waals surface area contributed by atoms with Crippen molar-refractivity contribution in [3.63, 3.8) is 0 Å². The summed E-state index contributed by atoms with van der Waals surface area (Å²) in [4.78, 5) is 12.4. The first kappa shape index (κ1) is 22.1. The summed E-state index contributed by atoms with van der Waals surface area (Å²) in [6.07, 6.45) is 1.88. The predicted molar refractivity (Wildman–Crippen MR) is 134 cm³/mol. The normalized spacial score (nSPS) is 12.3. The van der Waals surface area contributed by atoms with E-state index in [1.54, 1.807) is 6.92 Å². The Morgan fingerprint density at radius 1 is 0.844 bits per heavy atom. The van der Waals surface area contributed by atoms with Gasteiger partial charge in [0.2, 0.25) is 0 Å². The molecule has 0 spiro atoms. The second kappa shape index (κ2) is 9.59. The average molecular weight is 458 g/mol. The first-order valence-corrected chi connectivity index (χ1v) is 11.6. The topological polar surface area (TPSA) is 47.8 Å². The summed E-state index contributed by atoms with van der Waals surface area (Å²) in [5.74, 6) is -0.00372. The van der Waals surface area contributed by atoms with Gasteiger partial charge in [0.1, 0.15) is 22.3 Å². The molecule has 1 aromatic heterocycles. The first-order chi connectivity index (χ1) is 15.5. The molecule has 0 bridgehead atoms. The summed E-state index contributed by atoms with van der Waals surface area (Å²) in [5, 5.41) is 8.55. The number of rotatable bonds is 7. The molecule has 0 saturated heterocycles. The lowest BCUT2D eigenvalue weighted by Crippen LogP contribution is -2.38. The number of hydrogen-bond donors (Lipinski definition) is 0. The quantitative estimate of drug-likeness (QED) is 0.258. The summed E-state index contributed by atoms with van der Waals surface area (Å²) in [5.41, 5.74) is 2.98. The van der Waals surface area contributed by atoms with Gasteiger partial charge in [-0.15, -0.1) is 16.9 Å². The number of Topliss-reactive ketones (excluding diaryl/α,β-unsaturated/α-hetero) is 1. The highest BCUT2D eigenvalue weighted by Crippen LogP contribution is 2.41. The second-order valence-electron chi connectivity index (χ2n) is 7.50. The minimum Gasteiger partial charge on any atom is -0.298 e. The SMILES string of the molecule is CC(=O)C(SC(C)=S)c1cn(C(c2ccccc2)(c2ccccc2)c2ccccc2)nn1. The maximum Gasteiger partial charge on any atom is 0.149 e. The Labute approximate surface area is 197 Å². The van der Waals surface area contributed by atoms with Gasteiger partial charge in [-0.3, -0.25) is 4.79 Å². The molecule has 3 aromatic carbocycles. The fourth-order valence-corrected chi connectivity index (χ4v) is 5.03. The van der Waals surface area contributed by atoms with Crippen molar-refractivity contribution in [3.05, 3.63) is 120 Å². The lowest BCUT2D eigenvalue weighted by molar-refractivity contribution is -0.116. The largest absolute Gasteiger partial charge is 0.298 e. The van der Waals surface area contributed by atoms with Gasteiger partial charge in [0.15, 0.2) is 0 Å². The van der Waals surface area contributed by atoms with Crippen LogP contribution in [0.25, 0.3) is 0 Å². The van der Waals surface area contributed by atoms with Crippen LogP contribution in [0.2, 0.25) is 0 Å². The van der Waals surface area contributed by atoms with Crippen LogP contribution in [0.4, 0.5) is 0 Å². The van der Waals surface area contributed by atoms with Gasteiger partial charge in [0.25, 0.3) is 0 Å². The number of carbonyl (C=O) groups is 1. The summed E-state index contributed by atoms with van der Waals surface area (Å²) >= 11 is 6.59. The van der Waals surface area contributed by atoms with Crippen LogP contribution in [0.15, 0.2) is 97.2 Å². The average Bonchev–Trinajstić information content (AvgIpc) is 3.30. The van der Waals surface area contributed by atoms with Crippen molar-refractivity contribution in [3.8, 4) is 0 Å². The van der Waals surface area contributed by atoms with E-state index in [2.05, 4.69) is 46.7 Å². The number of ketones is 1. The van der Waals surface area contributed by atoms with Crippen LogP contribution >= 0.6 is 24.0 Å². The van der Waals surface area contributed by atoms with Gasteiger partial charge >= 0.3 is 0 Å². The molecule has 0 N–H and O–H groups in total. The summed E-state index contributed by atoms with van der Waals surface area (Å²) in [7, 11) is 0. The van der Waals surface area contributed by atoms with Crippen molar-refractivity contribution in [2.24, 2.45) is 0 Å². The highest BCUT2D eigenvalue weighted by Gasteiger charge is 2.40. The van der Waals surface area contributed by atoms with E-state index in [1.807, 2.05) is 72.4 Å². The van der Waals surface area contributed by atoms with Crippen molar-refractivity contribution >= 4 is 34.0 Å². The van der Waals surface area contributed by atoms with Crippen molar-refractivity contribution in [2.75, 3.05) is 0 Å². The van der Waals surface area contributed by atoms with E-state index in [1.165, 1.54) is 11.8 Å². The molecule has 0 saturated carbocycles. The number of benzene rings is 3. The highest BCUT2D eigenvalue weighted by molar-refractivity contribution is 8.23. The standard InChI is InChI=1S/C26H23N3OS2/c1-19(30)25(32-20(2)31)24-18-29(28-27-24)26(21-12-6-3-7-13-21,22-14-8-4-9-15-22)23-16-10-5-11-17-23/h3-18,25H,1-2H3. The van der Waals surface area contributed by atoms with Gasteiger partial charge in [-0.05, 0) is 30.5 Å². The molecule has 1 heterocycles. The molecule has 1 unspecified atom stereocenters. The molecule has 160 valence electrons. The zero-order chi connectivity index (χ0) is 22.6. The molecule has 32 heavy (non-hydrogen) atoms. The van der Waals surface area contributed by atoms with Crippen LogP contribution < -0.4 is 0 Å². The predicted octanol–water partition coefficient (Wildman–Crippen LogP) is 5.83. The number of hydrogen-bond acceptors (Lipinski definition) is 5. The van der Waals surface area contributed by atoms with Gasteiger partial charge < -0.3 is 0 Å². The summed E-state index contributed by atoms with van der Waals surface area (Å²) in [6, 6.07) is 30.7. The Hall–Kier alpha value is -3.09. The van der Waals surface area contributed by atoms with E-state index in [-0.39, 0.29) is 5.78 Å². The molecule has 1 atom stereocenters. The van der Waals surface area contributed by atoms with E-state index in [0.29, 0.717) is 9.89 Å². The number of carbonyl (C=O) groups excluding carboxylic acids is 1. The fraction of sp³-hybridized carbons (Fsp3) is 0.154. The maximum absolute atomic E-state index is 12.4. The zero-order valence-electron chi connectivity index (χ0n) is 17.9. The molecule has 6 heteroatoms. The third-order valence-electron chi connectivity index (χ3n) is 5.35. The molecule has 0 radical (unpaired) electrons. The molecular weight excluding hydrogens is 434 g/mol. The monoisotopic (exact) mass is 457 g/mol. The Balaban J connectivity index is 2.00. The van der Waals surface area contributed by atoms with Gasteiger partial charge in [-0.25, -0.2) is 4.68 Å². The molecule has 0 fully saturated rings. The van der Waals surface area contributed by atoms with Gasteiger partial charge in [0, 0.05) is 4.20 Å². The van der Waals surface area contributed by atoms with Crippen molar-refractivity contribution in [1.29, 1.82) is 0 Å². The number of thiocarbonyl (C=S) groups is 1. The van der Waals surface area contributed by atoms with Crippen LogP contribution in [0.1, 0.15) is 41.5 Å². The summed E-state index contributed by atoms with van der Waals surface area (Å²) in [6.45, 7) is 3.39. The molecule has 0 aliphatic heterocycles. The third-order valence-corrected chi connectivity index (χ3v) is 6.78. The molecule has 0 amide bonds. The van der Waals surface area contributed by atoms with Crippen LogP contribution in [0.3, 0.4) is 0 Å². The Kier molecular flexibility index (Phi) is 6.63. The molecule has 4 nitrogen and oxygen atoms in total. The molecular formula is C26H23N3OS2. The van der Waals surface area contributed by atoms with E-state index < -0.39 is 10.8 Å². The van der Waals surface area contributed by atoms with E-state index in [0.717, 1.165) is 16.7 Å². The molecule has 4 rings (SSSR count). The first-order valence-electron chi connectivity index (χ1n) is 10.3. The van der Waals surface area contributed by atoms with E-state index in [9.17, 15) is 4.79 Å². The van der Waals surface area contributed by atoms with Crippen molar-refractivity contribution in [2.45, 2.75) is 24.6 Å². The fourth-order valence-electron chi connectivity index (χ4n) is 4.01. The minimum absolute atomic E-state index is 0.00372. The van der Waals surface area contributed by atoms with Gasteiger partial charge in [-0.1, -0.05) is 108 Å². The lowest BCUT2D eigenvalue weighted by Gasteiger charge is -2.35. The van der Waals surface area contributed by atoms with Crippen molar-refractivity contribution < 1.29 is 4.79 Å². The highest BCUT2D eigenvalue weighted by atomic mass is 32.2. The van der Waals surface area contributed by atoms with Crippen LogP contribution in [-0.2, 0) is 10.3 Å². The third kappa shape index (κ3) is 4.16. The Morgan fingerprint density at radius 3 is 1.66 bits per heavy atom. The zero-order valence-corrected chi connectivity index (χ0v) is 19.5. The van der Waals surface area contributed by atoms with Gasteiger partial charge in [0.05, 0.1) is 6.20 Å². The number of aromatic nitrogens is 3. The molecule has 0 aliphatic carbocycles. The van der Waals surface area contributed by atoms with E-state index in [4.69, 9.17) is 12.2 Å². The maximum atomic E-state index is 12.4. The number of nitrogens with zero attached hydrogens (tertiary/aromatic N) is 3. The van der Waals surface area contributed by atoms with E-state index >= 15 is 0 Å². The Bertz CT molecular complexity index is 1110. The summed E-state index contributed by atoms with van der Waals surface area (Å²) < 4.78 is 2.57. The molecule has 0 aliphatic rings.